The molecule has 0 aliphatic rings. The van der Waals surface area contributed by atoms with E-state index < -0.39 is 10.0 Å². The Labute approximate surface area is 121 Å². The smallest absolute Gasteiger partial charge is 0.692 e. The number of hydrogen-bond donors (Lipinski definition) is 0. The van der Waals surface area contributed by atoms with Crippen LogP contribution in [0, 0.1) is 19.3 Å². The third-order valence-corrected chi connectivity index (χ3v) is 4.07. The molecule has 0 spiro atoms. The van der Waals surface area contributed by atoms with Crippen LogP contribution in [0.2, 0.25) is 0 Å². The number of sulfonamides is 1. The van der Waals surface area contributed by atoms with Gasteiger partial charge in [-0.25, -0.2) is 8.42 Å². The van der Waals surface area contributed by atoms with Crippen molar-refractivity contribution >= 4 is 10.0 Å². The Morgan fingerprint density at radius 1 is 1.39 bits per heavy atom. The van der Waals surface area contributed by atoms with E-state index in [1.165, 1.54) is 6.08 Å². The Hall–Kier alpha value is -0.973. The minimum atomic E-state index is -3.56. The van der Waals surface area contributed by atoms with Crippen LogP contribution in [-0.2, 0) is 10.0 Å². The van der Waals surface area contributed by atoms with E-state index >= 15 is 0 Å². The van der Waals surface area contributed by atoms with Crippen LogP contribution in [0.15, 0.2) is 41.8 Å². The van der Waals surface area contributed by atoms with Crippen molar-refractivity contribution in [1.82, 2.24) is 4.31 Å². The maximum atomic E-state index is 12.2. The van der Waals surface area contributed by atoms with Gasteiger partial charge in [-0.1, -0.05) is 23.8 Å². The third-order valence-electron chi connectivity index (χ3n) is 2.25. The first-order valence-corrected chi connectivity index (χ1v) is 6.53. The van der Waals surface area contributed by atoms with Gasteiger partial charge >= 0.3 is 18.9 Å². The van der Waals surface area contributed by atoms with Gasteiger partial charge in [0.2, 0.25) is 10.0 Å². The molecular weight excluding hydrogens is 241 g/mol. The molecule has 0 saturated carbocycles. The predicted octanol–water partition coefficient (Wildman–Crippen LogP) is -1.23. The van der Waals surface area contributed by atoms with Crippen LogP contribution in [-0.4, -0.2) is 25.8 Å². The topological polar surface area (TPSA) is 37.4 Å². The van der Waals surface area contributed by atoms with Gasteiger partial charge in [-0.2, -0.15) is 4.31 Å². The normalized spacial score (nSPS) is 10.5. The molecule has 0 saturated heterocycles. The van der Waals surface area contributed by atoms with Gasteiger partial charge in [-0.15, -0.1) is 6.58 Å². The SMILES string of the molecule is [C-]#CCN(CC=C)S(=O)(=O)c1ccc(C)cc1.[Li+]. The van der Waals surface area contributed by atoms with Gasteiger partial charge in [0.15, 0.2) is 0 Å². The van der Waals surface area contributed by atoms with Crippen LogP contribution in [0.3, 0.4) is 0 Å². The molecule has 0 aromatic heterocycles. The first-order chi connectivity index (χ1) is 8.02. The third kappa shape index (κ3) is 4.05. The van der Waals surface area contributed by atoms with E-state index in [0.29, 0.717) is 0 Å². The number of hydrogen-bond acceptors (Lipinski definition) is 2. The van der Waals surface area contributed by atoms with Crippen molar-refractivity contribution in [3.63, 3.8) is 0 Å². The number of rotatable bonds is 5. The Balaban J connectivity index is 0.00000289. The van der Waals surface area contributed by atoms with Crippen molar-refractivity contribution in [2.24, 2.45) is 0 Å². The summed E-state index contributed by atoms with van der Waals surface area (Å²) in [5.74, 6) is 2.09. The molecular formula is C13H14LiNO2S. The summed E-state index contributed by atoms with van der Waals surface area (Å²) in [5, 5.41) is 0. The molecule has 3 nitrogen and oxygen atoms in total. The molecule has 1 aromatic carbocycles. The summed E-state index contributed by atoms with van der Waals surface area (Å²) >= 11 is 0. The van der Waals surface area contributed by atoms with Gasteiger partial charge in [-0.05, 0) is 19.1 Å². The van der Waals surface area contributed by atoms with E-state index in [4.69, 9.17) is 6.42 Å². The number of benzene rings is 1. The number of aryl methyl sites for hydroxylation is 1. The van der Waals surface area contributed by atoms with Gasteiger partial charge < -0.3 is 12.3 Å². The zero-order chi connectivity index (χ0) is 12.9. The van der Waals surface area contributed by atoms with Gasteiger partial charge in [0, 0.05) is 13.1 Å². The second-order valence-electron chi connectivity index (χ2n) is 3.58. The average molecular weight is 255 g/mol. The Morgan fingerprint density at radius 3 is 2.39 bits per heavy atom. The molecule has 1 aromatic rings. The van der Waals surface area contributed by atoms with Crippen molar-refractivity contribution in [1.29, 1.82) is 0 Å². The van der Waals surface area contributed by atoms with Crippen LogP contribution in [0.4, 0.5) is 0 Å². The molecule has 0 aliphatic heterocycles. The van der Waals surface area contributed by atoms with Crippen molar-refractivity contribution in [3.05, 3.63) is 48.9 Å². The Kier molecular flexibility index (Phi) is 7.06. The summed E-state index contributed by atoms with van der Waals surface area (Å²) < 4.78 is 25.5. The van der Waals surface area contributed by atoms with Crippen LogP contribution in [0.25, 0.3) is 0 Å². The molecule has 5 heteroatoms. The summed E-state index contributed by atoms with van der Waals surface area (Å²) in [6, 6.07) is 6.61. The molecule has 90 valence electrons. The first-order valence-electron chi connectivity index (χ1n) is 5.09. The Bertz CT molecular complexity index is 529. The van der Waals surface area contributed by atoms with E-state index in [-0.39, 0.29) is 36.8 Å². The molecule has 0 bridgehead atoms. The van der Waals surface area contributed by atoms with Crippen molar-refractivity contribution in [2.45, 2.75) is 11.8 Å². The van der Waals surface area contributed by atoms with Gasteiger partial charge in [0.25, 0.3) is 0 Å². The molecule has 0 amide bonds. The zero-order valence-corrected chi connectivity index (χ0v) is 11.5. The Morgan fingerprint density at radius 2 is 1.94 bits per heavy atom. The summed E-state index contributed by atoms with van der Waals surface area (Å²) in [7, 11) is -3.56. The summed E-state index contributed by atoms with van der Waals surface area (Å²) in [6.45, 7) is 5.50. The summed E-state index contributed by atoms with van der Waals surface area (Å²) in [6.07, 6.45) is 8.39. The molecule has 1 rings (SSSR count). The molecule has 0 aliphatic carbocycles. The van der Waals surface area contributed by atoms with Crippen LogP contribution >= 0.6 is 0 Å². The first kappa shape index (κ1) is 17.0. The van der Waals surface area contributed by atoms with Gasteiger partial charge in [0.1, 0.15) is 0 Å². The van der Waals surface area contributed by atoms with Crippen molar-refractivity contribution in [2.75, 3.05) is 13.1 Å². The largest absolute Gasteiger partial charge is 1.00 e. The molecule has 0 fully saturated rings. The van der Waals surface area contributed by atoms with E-state index in [2.05, 4.69) is 12.5 Å². The van der Waals surface area contributed by atoms with E-state index in [0.717, 1.165) is 9.87 Å². The molecule has 0 radical (unpaired) electrons. The van der Waals surface area contributed by atoms with Crippen LogP contribution in [0.5, 0.6) is 0 Å². The second-order valence-corrected chi connectivity index (χ2v) is 5.51. The fraction of sp³-hybridized carbons (Fsp3) is 0.231. The van der Waals surface area contributed by atoms with Crippen molar-refractivity contribution < 1.29 is 27.3 Å². The fourth-order valence-corrected chi connectivity index (χ4v) is 2.65. The molecule has 0 atom stereocenters. The molecule has 0 unspecified atom stereocenters. The quantitative estimate of drug-likeness (QED) is 0.286. The fourth-order valence-electron chi connectivity index (χ4n) is 1.34. The minimum Gasteiger partial charge on any atom is -0.692 e. The monoisotopic (exact) mass is 255 g/mol. The van der Waals surface area contributed by atoms with Crippen molar-refractivity contribution in [3.8, 4) is 5.92 Å². The van der Waals surface area contributed by atoms with E-state index in [9.17, 15) is 8.42 Å². The number of nitrogens with zero attached hydrogens (tertiary/aromatic N) is 1. The van der Waals surface area contributed by atoms with Crippen LogP contribution < -0.4 is 18.9 Å². The standard InChI is InChI=1S/C13H14NO2S.Li/c1-4-10-14(11-5-2)17(15,16)13-8-6-12(3)7-9-13;/h4,6-9H,1,10-11H2,3H3;/q-1;+1. The van der Waals surface area contributed by atoms with Gasteiger partial charge in [-0.3, -0.25) is 0 Å². The predicted molar refractivity (Wildman–Crippen MR) is 67.3 cm³/mol. The molecule has 0 N–H and O–H groups in total. The average Bonchev–Trinajstić information content (AvgIpc) is 2.29. The maximum Gasteiger partial charge on any atom is 1.00 e. The minimum absolute atomic E-state index is 0. The van der Waals surface area contributed by atoms with Crippen LogP contribution in [0.1, 0.15) is 5.56 Å². The summed E-state index contributed by atoms with van der Waals surface area (Å²) in [5.41, 5.74) is 0.998. The molecule has 0 heterocycles. The van der Waals surface area contributed by atoms with E-state index in [1.807, 2.05) is 6.92 Å². The zero-order valence-electron chi connectivity index (χ0n) is 10.7. The van der Waals surface area contributed by atoms with Gasteiger partial charge in [0.05, 0.1) is 4.90 Å². The summed E-state index contributed by atoms with van der Waals surface area (Å²) in [4.78, 5) is 0.222. The van der Waals surface area contributed by atoms with E-state index in [1.54, 1.807) is 24.3 Å². The second kappa shape index (κ2) is 7.46. The maximum absolute atomic E-state index is 12.2. The molecule has 18 heavy (non-hydrogen) atoms.